The van der Waals surface area contributed by atoms with Crippen LogP contribution in [0.2, 0.25) is 0 Å². The number of fused-ring (bicyclic) bond motifs is 1. The molecule has 1 aliphatic rings. The molecule has 1 aliphatic heterocycles. The van der Waals surface area contributed by atoms with E-state index in [-0.39, 0.29) is 28.5 Å². The Bertz CT molecular complexity index is 1270. The van der Waals surface area contributed by atoms with Gasteiger partial charge in [-0.2, -0.15) is 0 Å². The third-order valence-electron chi connectivity index (χ3n) is 5.19. The lowest BCUT2D eigenvalue weighted by Crippen LogP contribution is -2.18. The second kappa shape index (κ2) is 7.86. The number of hydrogen-bond acceptors (Lipinski definition) is 6. The summed E-state index contributed by atoms with van der Waals surface area (Å²) in [6.45, 7) is 0.221. The Kier molecular flexibility index (Phi) is 5.40. The first-order chi connectivity index (χ1) is 14.3. The quantitative estimate of drug-likeness (QED) is 0.628. The first-order valence-electron chi connectivity index (χ1n) is 9.39. The van der Waals surface area contributed by atoms with Crippen LogP contribution in [0.15, 0.2) is 82.6 Å². The zero-order valence-electron chi connectivity index (χ0n) is 16.1. The van der Waals surface area contributed by atoms with Crippen molar-refractivity contribution in [3.63, 3.8) is 0 Å². The fourth-order valence-electron chi connectivity index (χ4n) is 3.72. The van der Waals surface area contributed by atoms with Crippen molar-refractivity contribution in [1.29, 1.82) is 0 Å². The summed E-state index contributed by atoms with van der Waals surface area (Å²) in [7, 11) is -7.68. The van der Waals surface area contributed by atoms with Crippen LogP contribution in [0.25, 0.3) is 0 Å². The average Bonchev–Trinajstić information content (AvgIpc) is 3.05. The molecule has 0 saturated carbocycles. The maximum Gasteiger partial charge on any atom is 0.186 e. The summed E-state index contributed by atoms with van der Waals surface area (Å²) in [5.41, 5.74) is 7.53. The van der Waals surface area contributed by atoms with Crippen LogP contribution in [0.4, 0.5) is 0 Å². The molecule has 0 spiro atoms. The molecule has 8 heteroatoms. The summed E-state index contributed by atoms with van der Waals surface area (Å²) >= 11 is 0. The highest BCUT2D eigenvalue weighted by Crippen LogP contribution is 2.45. The predicted molar refractivity (Wildman–Crippen MR) is 114 cm³/mol. The van der Waals surface area contributed by atoms with Gasteiger partial charge in [0.2, 0.25) is 0 Å². The molecule has 0 bridgehead atoms. The van der Waals surface area contributed by atoms with Gasteiger partial charge in [-0.05, 0) is 35.4 Å². The van der Waals surface area contributed by atoms with Crippen LogP contribution in [0, 0.1) is 0 Å². The standard InChI is InChI=1S/C22H21NO5S2/c23-13-18-19(28-14-16-7-3-1-4-8-16)11-12-20-22(18)21(15-29(20,24)25)30(26,27)17-9-5-2-6-10-17/h1-12,21H,13-15,23H2. The highest BCUT2D eigenvalue weighted by atomic mass is 32.2. The first kappa shape index (κ1) is 20.6. The highest BCUT2D eigenvalue weighted by Gasteiger charge is 2.45. The monoisotopic (exact) mass is 443 g/mol. The van der Waals surface area contributed by atoms with Crippen LogP contribution < -0.4 is 10.5 Å². The van der Waals surface area contributed by atoms with Gasteiger partial charge in [0, 0.05) is 12.1 Å². The maximum atomic E-state index is 13.3. The summed E-state index contributed by atoms with van der Waals surface area (Å²) in [6, 6.07) is 20.3. The summed E-state index contributed by atoms with van der Waals surface area (Å²) < 4.78 is 58.0. The van der Waals surface area contributed by atoms with E-state index in [2.05, 4.69) is 0 Å². The van der Waals surface area contributed by atoms with E-state index in [0.29, 0.717) is 11.3 Å². The largest absolute Gasteiger partial charge is 0.489 e. The van der Waals surface area contributed by atoms with Gasteiger partial charge in [0.1, 0.15) is 17.6 Å². The van der Waals surface area contributed by atoms with Crippen molar-refractivity contribution in [2.45, 2.75) is 28.2 Å². The van der Waals surface area contributed by atoms with Crippen LogP contribution in [0.5, 0.6) is 5.75 Å². The van der Waals surface area contributed by atoms with Crippen molar-refractivity contribution >= 4 is 19.7 Å². The van der Waals surface area contributed by atoms with Gasteiger partial charge in [0.05, 0.1) is 15.5 Å². The van der Waals surface area contributed by atoms with Crippen molar-refractivity contribution in [1.82, 2.24) is 0 Å². The van der Waals surface area contributed by atoms with Crippen molar-refractivity contribution in [3.8, 4) is 5.75 Å². The predicted octanol–water partition coefficient (Wildman–Crippen LogP) is 3.03. The van der Waals surface area contributed by atoms with Gasteiger partial charge < -0.3 is 10.5 Å². The van der Waals surface area contributed by atoms with Gasteiger partial charge in [0.25, 0.3) is 0 Å². The lowest BCUT2D eigenvalue weighted by Gasteiger charge is -2.18. The molecule has 1 atom stereocenters. The maximum absolute atomic E-state index is 13.3. The van der Waals surface area contributed by atoms with Crippen molar-refractivity contribution in [2.75, 3.05) is 5.75 Å². The molecule has 4 rings (SSSR count). The molecule has 3 aromatic carbocycles. The van der Waals surface area contributed by atoms with Gasteiger partial charge in [-0.15, -0.1) is 0 Å². The van der Waals surface area contributed by atoms with Crippen molar-refractivity contribution in [2.24, 2.45) is 5.73 Å². The van der Waals surface area contributed by atoms with Crippen LogP contribution in [0.3, 0.4) is 0 Å². The molecule has 1 unspecified atom stereocenters. The van der Waals surface area contributed by atoms with Crippen LogP contribution in [0.1, 0.15) is 21.9 Å². The molecule has 156 valence electrons. The Hall–Kier alpha value is -2.68. The minimum atomic E-state index is -3.93. The van der Waals surface area contributed by atoms with Crippen LogP contribution in [-0.2, 0) is 32.8 Å². The lowest BCUT2D eigenvalue weighted by molar-refractivity contribution is 0.302. The second-order valence-electron chi connectivity index (χ2n) is 7.06. The zero-order chi connectivity index (χ0) is 21.4. The molecule has 0 radical (unpaired) electrons. The van der Waals surface area contributed by atoms with E-state index in [1.165, 1.54) is 18.2 Å². The summed E-state index contributed by atoms with van der Waals surface area (Å²) in [6.07, 6.45) is 0. The number of nitrogens with two attached hydrogens (primary N) is 1. The summed E-state index contributed by atoms with van der Waals surface area (Å²) in [4.78, 5) is 0.0937. The molecule has 1 heterocycles. The smallest absolute Gasteiger partial charge is 0.186 e. The fourth-order valence-corrected chi connectivity index (χ4v) is 8.11. The fraction of sp³-hybridized carbons (Fsp3) is 0.182. The first-order valence-corrected chi connectivity index (χ1v) is 12.6. The van der Waals surface area contributed by atoms with E-state index < -0.39 is 30.7 Å². The number of ether oxygens (including phenoxy) is 1. The molecule has 3 aromatic rings. The topological polar surface area (TPSA) is 104 Å². The molecule has 6 nitrogen and oxygen atoms in total. The van der Waals surface area contributed by atoms with Crippen LogP contribution in [-0.4, -0.2) is 22.6 Å². The normalized spacial score (nSPS) is 17.4. The van der Waals surface area contributed by atoms with E-state index in [9.17, 15) is 16.8 Å². The lowest BCUT2D eigenvalue weighted by atomic mass is 10.0. The van der Waals surface area contributed by atoms with Gasteiger partial charge >= 0.3 is 0 Å². The average molecular weight is 444 g/mol. The van der Waals surface area contributed by atoms with E-state index in [1.54, 1.807) is 24.3 Å². The van der Waals surface area contributed by atoms with Gasteiger partial charge in [-0.25, -0.2) is 16.8 Å². The SMILES string of the molecule is NCc1c(OCc2ccccc2)ccc2c1C(S(=O)(=O)c1ccccc1)CS2(=O)=O. The Morgan fingerprint density at radius 2 is 1.57 bits per heavy atom. The molecular weight excluding hydrogens is 422 g/mol. The minimum Gasteiger partial charge on any atom is -0.489 e. The molecule has 0 aromatic heterocycles. The number of hydrogen-bond donors (Lipinski definition) is 1. The Labute approximate surface area is 176 Å². The third-order valence-corrected chi connectivity index (χ3v) is 9.28. The molecule has 0 fully saturated rings. The second-order valence-corrected chi connectivity index (χ2v) is 11.2. The Morgan fingerprint density at radius 1 is 0.933 bits per heavy atom. The minimum absolute atomic E-state index is 0.0134. The van der Waals surface area contributed by atoms with Crippen LogP contribution >= 0.6 is 0 Å². The van der Waals surface area contributed by atoms with Gasteiger partial charge in [-0.3, -0.25) is 0 Å². The zero-order valence-corrected chi connectivity index (χ0v) is 17.7. The molecular formula is C22H21NO5S2. The molecule has 2 N–H and O–H groups in total. The summed E-state index contributed by atoms with van der Waals surface area (Å²) in [5, 5.41) is -1.22. The number of benzene rings is 3. The molecule has 0 aliphatic carbocycles. The highest BCUT2D eigenvalue weighted by molar-refractivity contribution is 7.96. The van der Waals surface area contributed by atoms with E-state index >= 15 is 0 Å². The number of sulfone groups is 2. The molecule has 0 amide bonds. The number of rotatable bonds is 6. The van der Waals surface area contributed by atoms with E-state index in [1.807, 2.05) is 30.3 Å². The van der Waals surface area contributed by atoms with Gasteiger partial charge in [0.15, 0.2) is 19.7 Å². The van der Waals surface area contributed by atoms with Crippen molar-refractivity contribution in [3.05, 3.63) is 89.5 Å². The van der Waals surface area contributed by atoms with E-state index in [0.717, 1.165) is 5.56 Å². The summed E-state index contributed by atoms with van der Waals surface area (Å²) in [5.74, 6) is -0.111. The molecule has 0 saturated heterocycles. The molecule has 30 heavy (non-hydrogen) atoms. The third kappa shape index (κ3) is 3.62. The van der Waals surface area contributed by atoms with E-state index in [4.69, 9.17) is 10.5 Å². The van der Waals surface area contributed by atoms with Crippen molar-refractivity contribution < 1.29 is 21.6 Å². The Morgan fingerprint density at radius 3 is 2.20 bits per heavy atom. The van der Waals surface area contributed by atoms with Gasteiger partial charge in [-0.1, -0.05) is 48.5 Å². The Balaban J connectivity index is 1.80.